The Morgan fingerprint density at radius 3 is 2.29 bits per heavy atom. The maximum atomic E-state index is 12.3. The molecule has 0 unspecified atom stereocenters. The van der Waals surface area contributed by atoms with E-state index in [1.165, 1.54) is 24.3 Å². The summed E-state index contributed by atoms with van der Waals surface area (Å²) in [4.78, 5) is 23.4. The van der Waals surface area contributed by atoms with Crippen LogP contribution in [0.1, 0.15) is 38.1 Å². The molecule has 0 aromatic heterocycles. The molecule has 116 valence electrons. The lowest BCUT2D eigenvalue weighted by molar-refractivity contribution is -0.126. The summed E-state index contributed by atoms with van der Waals surface area (Å²) in [5.41, 5.74) is -0.972. The number of carbonyl (C=O) groups excluding carboxylic acids is 2. The summed E-state index contributed by atoms with van der Waals surface area (Å²) in [5, 5.41) is 0. The van der Waals surface area contributed by atoms with Crippen LogP contribution in [0.25, 0.3) is 0 Å². The van der Waals surface area contributed by atoms with E-state index in [0.29, 0.717) is 0 Å². The highest BCUT2D eigenvalue weighted by atomic mass is 32.2. The number of hydrogen-bond acceptors (Lipinski definition) is 5. The molecule has 0 aliphatic rings. The van der Waals surface area contributed by atoms with Crippen molar-refractivity contribution in [2.24, 2.45) is 5.41 Å². The van der Waals surface area contributed by atoms with E-state index in [1.807, 2.05) is 4.72 Å². The van der Waals surface area contributed by atoms with Crippen molar-refractivity contribution in [3.63, 3.8) is 0 Å². The van der Waals surface area contributed by atoms with Crippen LogP contribution in [-0.2, 0) is 19.6 Å². The maximum absolute atomic E-state index is 12.3. The summed E-state index contributed by atoms with van der Waals surface area (Å²) in [6.45, 7) is 6.53. The molecule has 0 saturated carbocycles. The summed E-state index contributed by atoms with van der Waals surface area (Å²) < 4.78 is 31.4. The van der Waals surface area contributed by atoms with Crippen molar-refractivity contribution in [1.29, 1.82) is 0 Å². The van der Waals surface area contributed by atoms with Crippen molar-refractivity contribution < 1.29 is 22.7 Å². The number of amides is 1. The van der Waals surface area contributed by atoms with Crippen LogP contribution in [0.15, 0.2) is 29.2 Å². The van der Waals surface area contributed by atoms with Crippen LogP contribution >= 0.6 is 0 Å². The number of benzene rings is 1. The van der Waals surface area contributed by atoms with Crippen LogP contribution in [-0.4, -0.2) is 26.9 Å². The minimum atomic E-state index is -4.14. The Morgan fingerprint density at radius 1 is 1.19 bits per heavy atom. The SMILES string of the molecule is CCOC(=O)c1ccccc1S(=O)(=O)NC(=O)C(C)(C)C. The van der Waals surface area contributed by atoms with Gasteiger partial charge in [0.05, 0.1) is 12.2 Å². The van der Waals surface area contributed by atoms with Gasteiger partial charge in [-0.3, -0.25) is 4.79 Å². The van der Waals surface area contributed by atoms with Crippen LogP contribution in [0.4, 0.5) is 0 Å². The molecule has 21 heavy (non-hydrogen) atoms. The lowest BCUT2D eigenvalue weighted by atomic mass is 9.96. The molecule has 1 N–H and O–H groups in total. The second kappa shape index (κ2) is 6.26. The molecule has 1 rings (SSSR count). The molecule has 0 aliphatic heterocycles. The summed E-state index contributed by atoms with van der Waals surface area (Å²) in [6.07, 6.45) is 0. The highest BCUT2D eigenvalue weighted by Gasteiger charge is 2.29. The predicted molar refractivity (Wildman–Crippen MR) is 77.2 cm³/mol. The zero-order valence-corrected chi connectivity index (χ0v) is 13.3. The first-order valence-corrected chi connectivity index (χ1v) is 7.91. The average molecular weight is 313 g/mol. The Labute approximate surface area is 124 Å². The highest BCUT2D eigenvalue weighted by molar-refractivity contribution is 7.90. The first-order valence-electron chi connectivity index (χ1n) is 6.43. The smallest absolute Gasteiger partial charge is 0.339 e. The summed E-state index contributed by atoms with van der Waals surface area (Å²) in [5.74, 6) is -1.40. The van der Waals surface area contributed by atoms with E-state index in [0.717, 1.165) is 0 Å². The number of esters is 1. The lowest BCUT2D eigenvalue weighted by Gasteiger charge is -2.18. The molecule has 1 amide bonds. The highest BCUT2D eigenvalue weighted by Crippen LogP contribution is 2.19. The zero-order chi connectivity index (χ0) is 16.3. The molecule has 1 aromatic rings. The van der Waals surface area contributed by atoms with Gasteiger partial charge >= 0.3 is 5.97 Å². The quantitative estimate of drug-likeness (QED) is 0.855. The fraction of sp³-hybridized carbons (Fsp3) is 0.429. The third-order valence-corrected chi connectivity index (χ3v) is 3.97. The first kappa shape index (κ1) is 17.2. The molecule has 7 heteroatoms. The van der Waals surface area contributed by atoms with Crippen molar-refractivity contribution in [3.8, 4) is 0 Å². The van der Waals surface area contributed by atoms with Gasteiger partial charge in [-0.2, -0.15) is 0 Å². The summed E-state index contributed by atoms with van der Waals surface area (Å²) >= 11 is 0. The third-order valence-electron chi connectivity index (χ3n) is 2.58. The number of hydrogen-bond donors (Lipinski definition) is 1. The van der Waals surface area contributed by atoms with Gasteiger partial charge in [-0.25, -0.2) is 17.9 Å². The van der Waals surface area contributed by atoms with E-state index >= 15 is 0 Å². The van der Waals surface area contributed by atoms with Gasteiger partial charge in [0.1, 0.15) is 4.90 Å². The van der Waals surface area contributed by atoms with E-state index in [-0.39, 0.29) is 17.1 Å². The number of ether oxygens (including phenoxy) is 1. The molecule has 0 heterocycles. The first-order chi connectivity index (χ1) is 9.59. The summed E-state index contributed by atoms with van der Waals surface area (Å²) in [6, 6.07) is 5.59. The van der Waals surface area contributed by atoms with Gasteiger partial charge in [0.2, 0.25) is 5.91 Å². The molecule has 1 aromatic carbocycles. The molecule has 0 bridgehead atoms. The summed E-state index contributed by atoms with van der Waals surface area (Å²) in [7, 11) is -4.14. The Kier molecular flexibility index (Phi) is 5.11. The second-order valence-corrected chi connectivity index (χ2v) is 7.05. The largest absolute Gasteiger partial charge is 0.462 e. The fourth-order valence-electron chi connectivity index (χ4n) is 1.41. The van der Waals surface area contributed by atoms with E-state index in [1.54, 1.807) is 27.7 Å². The Hall–Kier alpha value is -1.89. The molecule has 0 atom stereocenters. The zero-order valence-electron chi connectivity index (χ0n) is 12.5. The van der Waals surface area contributed by atoms with E-state index < -0.39 is 27.3 Å². The van der Waals surface area contributed by atoms with Crippen molar-refractivity contribution in [3.05, 3.63) is 29.8 Å². The van der Waals surface area contributed by atoms with Crippen LogP contribution in [0.3, 0.4) is 0 Å². The Bertz CT molecular complexity index is 644. The number of rotatable bonds is 4. The Morgan fingerprint density at radius 2 is 1.76 bits per heavy atom. The van der Waals surface area contributed by atoms with Crippen molar-refractivity contribution in [2.45, 2.75) is 32.6 Å². The van der Waals surface area contributed by atoms with Crippen molar-refractivity contribution in [1.82, 2.24) is 4.72 Å². The van der Waals surface area contributed by atoms with E-state index in [9.17, 15) is 18.0 Å². The standard InChI is InChI=1S/C14H19NO5S/c1-5-20-12(16)10-8-6-7-9-11(10)21(18,19)15-13(17)14(2,3)4/h6-9H,5H2,1-4H3,(H,15,17). The molecule has 6 nitrogen and oxygen atoms in total. The maximum Gasteiger partial charge on any atom is 0.339 e. The molecule has 0 saturated heterocycles. The van der Waals surface area contributed by atoms with Gasteiger partial charge in [0.25, 0.3) is 10.0 Å². The second-order valence-electron chi connectivity index (χ2n) is 5.40. The lowest BCUT2D eigenvalue weighted by Crippen LogP contribution is -2.39. The van der Waals surface area contributed by atoms with Gasteiger partial charge in [-0.15, -0.1) is 0 Å². The van der Waals surface area contributed by atoms with Gasteiger partial charge < -0.3 is 4.74 Å². The van der Waals surface area contributed by atoms with Crippen LogP contribution in [0.5, 0.6) is 0 Å². The molecule has 0 fully saturated rings. The van der Waals surface area contributed by atoms with Gasteiger partial charge in [-0.1, -0.05) is 32.9 Å². The van der Waals surface area contributed by atoms with Gasteiger partial charge in [0, 0.05) is 5.41 Å². The van der Waals surface area contributed by atoms with Crippen LogP contribution in [0, 0.1) is 5.41 Å². The normalized spacial score (nSPS) is 11.8. The molecule has 0 spiro atoms. The third kappa shape index (κ3) is 4.29. The average Bonchev–Trinajstić information content (AvgIpc) is 2.37. The molecular formula is C14H19NO5S. The number of sulfonamides is 1. The number of nitrogens with one attached hydrogen (secondary N) is 1. The topological polar surface area (TPSA) is 89.5 Å². The van der Waals surface area contributed by atoms with Gasteiger partial charge in [-0.05, 0) is 19.1 Å². The number of carbonyl (C=O) groups is 2. The van der Waals surface area contributed by atoms with E-state index in [2.05, 4.69) is 0 Å². The predicted octanol–water partition coefficient (Wildman–Crippen LogP) is 1.71. The van der Waals surface area contributed by atoms with Crippen LogP contribution < -0.4 is 4.72 Å². The van der Waals surface area contributed by atoms with Crippen LogP contribution in [0.2, 0.25) is 0 Å². The monoisotopic (exact) mass is 313 g/mol. The Balaban J connectivity index is 3.21. The van der Waals surface area contributed by atoms with Crippen molar-refractivity contribution in [2.75, 3.05) is 6.61 Å². The molecule has 0 aliphatic carbocycles. The fourth-order valence-corrected chi connectivity index (χ4v) is 2.77. The van der Waals surface area contributed by atoms with Gasteiger partial charge in [0.15, 0.2) is 0 Å². The van der Waals surface area contributed by atoms with E-state index in [4.69, 9.17) is 4.74 Å². The van der Waals surface area contributed by atoms with Crippen molar-refractivity contribution >= 4 is 21.9 Å². The molecular weight excluding hydrogens is 294 g/mol. The molecule has 0 radical (unpaired) electrons. The minimum Gasteiger partial charge on any atom is -0.462 e. The minimum absolute atomic E-state index is 0.103.